The fourth-order valence-electron chi connectivity index (χ4n) is 1.50. The van der Waals surface area contributed by atoms with Crippen LogP contribution in [0.2, 0.25) is 5.02 Å². The third-order valence-corrected chi connectivity index (χ3v) is 2.67. The van der Waals surface area contributed by atoms with E-state index in [1.807, 2.05) is 0 Å². The van der Waals surface area contributed by atoms with Crippen LogP contribution in [0, 0.1) is 15.9 Å². The molecule has 110 valence electrons. The summed E-state index contributed by atoms with van der Waals surface area (Å²) in [4.78, 5) is 20.7. The molecule has 0 aliphatic carbocycles. The van der Waals surface area contributed by atoms with Crippen molar-refractivity contribution in [3.05, 3.63) is 51.0 Å². The van der Waals surface area contributed by atoms with Gasteiger partial charge in [0.15, 0.2) is 18.2 Å². The number of aromatic nitrogens is 2. The number of nitro groups is 1. The molecule has 1 aromatic heterocycles. The molecule has 8 nitrogen and oxygen atoms in total. The van der Waals surface area contributed by atoms with E-state index in [0.29, 0.717) is 6.07 Å². The molecule has 21 heavy (non-hydrogen) atoms. The third-order valence-electron chi connectivity index (χ3n) is 2.39. The number of carboxylic acids is 1. The number of benzene rings is 1. The maximum Gasteiger partial charge on any atom is 0.357 e. The SMILES string of the molecule is O=C(O)c1nn(COc2ccc(F)cc2[N+](=O)[O-])cc1Cl. The fraction of sp³-hybridized carbons (Fsp3) is 0.0909. The quantitative estimate of drug-likeness (QED) is 0.670. The van der Waals surface area contributed by atoms with E-state index in [1.165, 1.54) is 6.20 Å². The maximum atomic E-state index is 13.0. The van der Waals surface area contributed by atoms with E-state index in [-0.39, 0.29) is 23.2 Å². The van der Waals surface area contributed by atoms with Crippen molar-refractivity contribution in [1.82, 2.24) is 9.78 Å². The Morgan fingerprint density at radius 3 is 2.86 bits per heavy atom. The molecule has 0 aliphatic heterocycles. The fourth-order valence-corrected chi connectivity index (χ4v) is 1.73. The summed E-state index contributed by atoms with van der Waals surface area (Å²) in [6.07, 6.45) is 1.19. The number of nitro benzene ring substituents is 1. The molecule has 0 fully saturated rings. The minimum atomic E-state index is -1.31. The molecule has 0 saturated heterocycles. The molecule has 2 aromatic rings. The lowest BCUT2D eigenvalue weighted by molar-refractivity contribution is -0.386. The first kappa shape index (κ1) is 14.7. The zero-order chi connectivity index (χ0) is 15.6. The van der Waals surface area contributed by atoms with E-state index < -0.39 is 22.4 Å². The Labute approximate surface area is 121 Å². The van der Waals surface area contributed by atoms with Gasteiger partial charge in [0.25, 0.3) is 0 Å². The maximum absolute atomic E-state index is 13.0. The van der Waals surface area contributed by atoms with Crippen molar-refractivity contribution in [2.45, 2.75) is 6.73 Å². The molecular weight excluding hydrogens is 309 g/mol. The van der Waals surface area contributed by atoms with Gasteiger partial charge in [-0.1, -0.05) is 11.6 Å². The minimum absolute atomic E-state index is 0.0975. The van der Waals surface area contributed by atoms with Gasteiger partial charge in [-0.05, 0) is 12.1 Å². The Kier molecular flexibility index (Phi) is 4.03. The summed E-state index contributed by atoms with van der Waals surface area (Å²) in [5.41, 5.74) is -0.916. The Morgan fingerprint density at radius 1 is 1.57 bits per heavy atom. The van der Waals surface area contributed by atoms with Crippen LogP contribution < -0.4 is 4.74 Å². The smallest absolute Gasteiger partial charge is 0.357 e. The van der Waals surface area contributed by atoms with Gasteiger partial charge in [-0.3, -0.25) is 10.1 Å². The minimum Gasteiger partial charge on any atom is -0.476 e. The van der Waals surface area contributed by atoms with Crippen molar-refractivity contribution in [1.29, 1.82) is 0 Å². The van der Waals surface area contributed by atoms with Crippen LogP contribution in [0.15, 0.2) is 24.4 Å². The van der Waals surface area contributed by atoms with Crippen LogP contribution >= 0.6 is 11.6 Å². The lowest BCUT2D eigenvalue weighted by Crippen LogP contribution is -2.08. The predicted molar refractivity (Wildman–Crippen MR) is 67.9 cm³/mol. The highest BCUT2D eigenvalue weighted by Crippen LogP contribution is 2.27. The molecule has 1 aromatic carbocycles. The summed E-state index contributed by atoms with van der Waals surface area (Å²) in [6, 6.07) is 2.81. The number of aromatic carboxylic acids is 1. The van der Waals surface area contributed by atoms with Crippen LogP contribution in [-0.4, -0.2) is 25.8 Å². The zero-order valence-electron chi connectivity index (χ0n) is 10.2. The van der Waals surface area contributed by atoms with Gasteiger partial charge in [-0.2, -0.15) is 5.10 Å². The van der Waals surface area contributed by atoms with Gasteiger partial charge < -0.3 is 9.84 Å². The van der Waals surface area contributed by atoms with Crippen molar-refractivity contribution in [2.75, 3.05) is 0 Å². The van der Waals surface area contributed by atoms with Crippen LogP contribution in [0.3, 0.4) is 0 Å². The van der Waals surface area contributed by atoms with Crippen LogP contribution in [0.25, 0.3) is 0 Å². The van der Waals surface area contributed by atoms with E-state index in [1.54, 1.807) is 0 Å². The summed E-state index contributed by atoms with van der Waals surface area (Å²) < 4.78 is 19.1. The Bertz CT molecular complexity index is 718. The summed E-state index contributed by atoms with van der Waals surface area (Å²) in [6.45, 7) is -0.320. The molecular formula is C11H7ClFN3O5. The predicted octanol–water partition coefficient (Wildman–Crippen LogP) is 2.32. The lowest BCUT2D eigenvalue weighted by atomic mass is 10.3. The van der Waals surface area contributed by atoms with Gasteiger partial charge in [-0.15, -0.1) is 0 Å². The van der Waals surface area contributed by atoms with E-state index >= 15 is 0 Å². The number of ether oxygens (including phenoxy) is 1. The van der Waals surface area contributed by atoms with Gasteiger partial charge >= 0.3 is 11.7 Å². The second kappa shape index (κ2) is 5.75. The molecule has 10 heteroatoms. The molecule has 0 aliphatic rings. The molecule has 0 saturated carbocycles. The second-order valence-electron chi connectivity index (χ2n) is 3.81. The highest BCUT2D eigenvalue weighted by molar-refractivity contribution is 6.33. The van der Waals surface area contributed by atoms with Crippen LogP contribution in [0.5, 0.6) is 5.75 Å². The molecule has 0 unspecified atom stereocenters. The van der Waals surface area contributed by atoms with Gasteiger partial charge in [0.05, 0.1) is 16.0 Å². The van der Waals surface area contributed by atoms with Crippen molar-refractivity contribution in [3.63, 3.8) is 0 Å². The lowest BCUT2D eigenvalue weighted by Gasteiger charge is -2.06. The first-order valence-corrected chi connectivity index (χ1v) is 5.79. The van der Waals surface area contributed by atoms with Gasteiger partial charge in [0, 0.05) is 6.20 Å². The number of carboxylic acid groups (broad SMARTS) is 1. The van der Waals surface area contributed by atoms with Crippen molar-refractivity contribution < 1.29 is 24.0 Å². The van der Waals surface area contributed by atoms with Crippen molar-refractivity contribution in [3.8, 4) is 5.75 Å². The molecule has 0 radical (unpaired) electrons. The molecule has 0 amide bonds. The van der Waals surface area contributed by atoms with Crippen molar-refractivity contribution >= 4 is 23.3 Å². The zero-order valence-corrected chi connectivity index (χ0v) is 11.0. The Hall–Kier alpha value is -2.68. The number of hydrogen-bond donors (Lipinski definition) is 1. The number of carbonyl (C=O) groups is 1. The normalized spacial score (nSPS) is 10.4. The van der Waals surface area contributed by atoms with Gasteiger partial charge in [-0.25, -0.2) is 13.9 Å². The molecule has 0 bridgehead atoms. The van der Waals surface area contributed by atoms with Crippen LogP contribution in [0.1, 0.15) is 10.5 Å². The summed E-state index contributed by atoms with van der Waals surface area (Å²) in [7, 11) is 0. The highest BCUT2D eigenvalue weighted by Gasteiger charge is 2.18. The average molecular weight is 316 g/mol. The van der Waals surface area contributed by atoms with Crippen LogP contribution in [0.4, 0.5) is 10.1 Å². The van der Waals surface area contributed by atoms with Crippen LogP contribution in [-0.2, 0) is 6.73 Å². The number of halogens is 2. The number of hydrogen-bond acceptors (Lipinski definition) is 5. The summed E-state index contributed by atoms with van der Waals surface area (Å²) >= 11 is 5.65. The average Bonchev–Trinajstić information content (AvgIpc) is 2.78. The van der Waals surface area contributed by atoms with E-state index in [9.17, 15) is 19.3 Å². The first-order valence-electron chi connectivity index (χ1n) is 5.41. The molecule has 1 N–H and O–H groups in total. The summed E-state index contributed by atoms with van der Waals surface area (Å²) in [5.74, 6) is -2.26. The third kappa shape index (κ3) is 3.26. The van der Waals surface area contributed by atoms with Crippen molar-refractivity contribution in [2.24, 2.45) is 0 Å². The first-order chi connectivity index (χ1) is 9.88. The molecule has 2 rings (SSSR count). The van der Waals surface area contributed by atoms with E-state index in [0.717, 1.165) is 16.8 Å². The highest BCUT2D eigenvalue weighted by atomic mass is 35.5. The number of nitrogens with zero attached hydrogens (tertiary/aromatic N) is 3. The largest absolute Gasteiger partial charge is 0.476 e. The van der Waals surface area contributed by atoms with Gasteiger partial charge in [0.2, 0.25) is 0 Å². The molecule has 0 atom stereocenters. The topological polar surface area (TPSA) is 107 Å². The Balaban J connectivity index is 2.19. The van der Waals surface area contributed by atoms with E-state index in [2.05, 4.69) is 5.10 Å². The summed E-state index contributed by atoms with van der Waals surface area (Å²) in [5, 5.41) is 23.1. The van der Waals surface area contributed by atoms with E-state index in [4.69, 9.17) is 21.4 Å². The second-order valence-corrected chi connectivity index (χ2v) is 4.22. The Morgan fingerprint density at radius 2 is 2.29 bits per heavy atom. The van der Waals surface area contributed by atoms with Gasteiger partial charge in [0.1, 0.15) is 5.82 Å². The number of rotatable bonds is 5. The standard InChI is InChI=1S/C11H7ClFN3O5/c12-7-4-15(14-10(7)11(17)18)5-21-9-2-1-6(13)3-8(9)16(19)20/h1-4H,5H2,(H,17,18). The molecule has 0 spiro atoms. The molecule has 1 heterocycles. The monoisotopic (exact) mass is 315 g/mol.